The SMILES string of the molecule is CC(C)C(CN=C(NCCc1ccco1)NCC1CCCO1)N1CCOCC1.I. The number of guanidine groups is 1. The summed E-state index contributed by atoms with van der Waals surface area (Å²) in [6.45, 7) is 11.4. The number of nitrogens with zero attached hydrogens (tertiary/aromatic N) is 2. The van der Waals surface area contributed by atoms with Gasteiger partial charge in [0.1, 0.15) is 5.76 Å². The predicted molar refractivity (Wildman–Crippen MR) is 126 cm³/mol. The molecule has 3 heterocycles. The third-order valence-corrected chi connectivity index (χ3v) is 5.49. The summed E-state index contributed by atoms with van der Waals surface area (Å²) in [6, 6.07) is 4.36. The highest BCUT2D eigenvalue weighted by Gasteiger charge is 2.24. The first-order valence-electron chi connectivity index (χ1n) is 10.7. The Kier molecular flexibility index (Phi) is 11.3. The Morgan fingerprint density at radius 1 is 1.24 bits per heavy atom. The fourth-order valence-corrected chi connectivity index (χ4v) is 3.79. The van der Waals surface area contributed by atoms with Crippen molar-refractivity contribution < 1.29 is 13.9 Å². The molecule has 1 aromatic rings. The number of rotatable bonds is 9. The molecule has 1 aromatic heterocycles. The lowest BCUT2D eigenvalue weighted by atomic mass is 10.0. The van der Waals surface area contributed by atoms with Crippen molar-refractivity contribution in [2.45, 2.75) is 45.3 Å². The third kappa shape index (κ3) is 8.43. The van der Waals surface area contributed by atoms with Crippen molar-refractivity contribution in [1.29, 1.82) is 0 Å². The molecule has 2 saturated heterocycles. The van der Waals surface area contributed by atoms with Crippen LogP contribution >= 0.6 is 24.0 Å². The second-order valence-electron chi connectivity index (χ2n) is 7.92. The van der Waals surface area contributed by atoms with Crippen molar-refractivity contribution in [2.75, 3.05) is 52.5 Å². The van der Waals surface area contributed by atoms with Gasteiger partial charge in [-0.05, 0) is 30.9 Å². The molecule has 0 aromatic carbocycles. The molecule has 0 spiro atoms. The summed E-state index contributed by atoms with van der Waals surface area (Å²) in [4.78, 5) is 7.44. The summed E-state index contributed by atoms with van der Waals surface area (Å²) in [6.07, 6.45) is 5.12. The van der Waals surface area contributed by atoms with Gasteiger partial charge in [-0.2, -0.15) is 0 Å². The number of hydrogen-bond donors (Lipinski definition) is 2. The van der Waals surface area contributed by atoms with E-state index in [0.717, 1.165) is 83.5 Å². The average molecular weight is 520 g/mol. The molecule has 7 nitrogen and oxygen atoms in total. The molecule has 2 N–H and O–H groups in total. The molecule has 0 saturated carbocycles. The zero-order valence-electron chi connectivity index (χ0n) is 17.8. The molecular formula is C21H37IN4O3. The van der Waals surface area contributed by atoms with E-state index in [-0.39, 0.29) is 30.1 Å². The van der Waals surface area contributed by atoms with Crippen LogP contribution in [0.1, 0.15) is 32.4 Å². The van der Waals surface area contributed by atoms with Crippen LogP contribution in [0.15, 0.2) is 27.8 Å². The van der Waals surface area contributed by atoms with E-state index in [9.17, 15) is 0 Å². The van der Waals surface area contributed by atoms with Gasteiger partial charge in [-0.3, -0.25) is 9.89 Å². The van der Waals surface area contributed by atoms with Crippen molar-refractivity contribution in [2.24, 2.45) is 10.9 Å². The first-order chi connectivity index (χ1) is 13.7. The minimum atomic E-state index is 0. The maximum Gasteiger partial charge on any atom is 0.191 e. The highest BCUT2D eigenvalue weighted by Crippen LogP contribution is 2.14. The van der Waals surface area contributed by atoms with Gasteiger partial charge in [0.2, 0.25) is 0 Å². The highest BCUT2D eigenvalue weighted by molar-refractivity contribution is 14.0. The molecular weight excluding hydrogens is 483 g/mol. The number of morpholine rings is 1. The van der Waals surface area contributed by atoms with Crippen LogP contribution in [0.2, 0.25) is 0 Å². The van der Waals surface area contributed by atoms with Crippen molar-refractivity contribution in [1.82, 2.24) is 15.5 Å². The van der Waals surface area contributed by atoms with E-state index in [2.05, 4.69) is 29.4 Å². The Balaban J connectivity index is 0.00000300. The van der Waals surface area contributed by atoms with Gasteiger partial charge in [0, 0.05) is 45.2 Å². The molecule has 0 amide bonds. The van der Waals surface area contributed by atoms with E-state index in [1.807, 2.05) is 12.1 Å². The van der Waals surface area contributed by atoms with Crippen LogP contribution in [0.4, 0.5) is 0 Å². The minimum absolute atomic E-state index is 0. The smallest absolute Gasteiger partial charge is 0.191 e. The summed E-state index contributed by atoms with van der Waals surface area (Å²) in [5.74, 6) is 2.39. The molecule has 0 bridgehead atoms. The summed E-state index contributed by atoms with van der Waals surface area (Å²) in [5, 5.41) is 6.94. The maximum atomic E-state index is 5.74. The van der Waals surface area contributed by atoms with E-state index in [1.165, 1.54) is 0 Å². The average Bonchev–Trinajstić information content (AvgIpc) is 3.40. The molecule has 8 heteroatoms. The van der Waals surface area contributed by atoms with Crippen LogP contribution in [0.25, 0.3) is 0 Å². The Labute approximate surface area is 192 Å². The van der Waals surface area contributed by atoms with E-state index in [4.69, 9.17) is 18.9 Å². The number of nitrogens with one attached hydrogen (secondary N) is 2. The zero-order valence-corrected chi connectivity index (χ0v) is 20.1. The van der Waals surface area contributed by atoms with E-state index in [0.29, 0.717) is 12.0 Å². The lowest BCUT2D eigenvalue weighted by Crippen LogP contribution is -2.48. The Morgan fingerprint density at radius 2 is 2.07 bits per heavy atom. The summed E-state index contributed by atoms with van der Waals surface area (Å²) < 4.78 is 16.7. The van der Waals surface area contributed by atoms with Crippen LogP contribution in [0.3, 0.4) is 0 Å². The molecule has 29 heavy (non-hydrogen) atoms. The van der Waals surface area contributed by atoms with Crippen LogP contribution in [0.5, 0.6) is 0 Å². The molecule has 0 radical (unpaired) electrons. The van der Waals surface area contributed by atoms with Gasteiger partial charge in [-0.25, -0.2) is 0 Å². The number of ether oxygens (including phenoxy) is 2. The van der Waals surface area contributed by atoms with Crippen molar-refractivity contribution in [3.63, 3.8) is 0 Å². The quantitative estimate of drug-likeness (QED) is 0.296. The zero-order chi connectivity index (χ0) is 19.6. The Bertz CT molecular complexity index is 570. The standard InChI is InChI=1S/C21H36N4O3.HI/c1-17(2)20(25-9-13-26-14-10-25)16-24-21(23-15-19-6-4-12-28-19)22-8-7-18-5-3-11-27-18;/h3,5,11,17,19-20H,4,6-10,12-16H2,1-2H3,(H2,22,23,24);1H. The first-order valence-corrected chi connectivity index (χ1v) is 10.7. The number of aliphatic imine (C=N–C) groups is 1. The van der Waals surface area contributed by atoms with E-state index in [1.54, 1.807) is 6.26 Å². The topological polar surface area (TPSA) is 71.3 Å². The van der Waals surface area contributed by atoms with Gasteiger partial charge >= 0.3 is 0 Å². The van der Waals surface area contributed by atoms with Crippen LogP contribution in [0, 0.1) is 5.92 Å². The van der Waals surface area contributed by atoms with Gasteiger partial charge in [0.15, 0.2) is 5.96 Å². The van der Waals surface area contributed by atoms with Crippen LogP contribution in [-0.2, 0) is 15.9 Å². The molecule has 2 fully saturated rings. The highest BCUT2D eigenvalue weighted by atomic mass is 127. The third-order valence-electron chi connectivity index (χ3n) is 5.49. The molecule has 0 aliphatic carbocycles. The summed E-state index contributed by atoms with van der Waals surface area (Å²) in [7, 11) is 0. The number of halogens is 1. The van der Waals surface area contributed by atoms with E-state index >= 15 is 0 Å². The van der Waals surface area contributed by atoms with Crippen LogP contribution in [-0.4, -0.2) is 75.5 Å². The van der Waals surface area contributed by atoms with Crippen molar-refractivity contribution >= 4 is 29.9 Å². The second-order valence-corrected chi connectivity index (χ2v) is 7.92. The molecule has 2 unspecified atom stereocenters. The predicted octanol–water partition coefficient (Wildman–Crippen LogP) is 2.51. The minimum Gasteiger partial charge on any atom is -0.469 e. The normalized spacial score (nSPS) is 21.8. The van der Waals surface area contributed by atoms with Crippen molar-refractivity contribution in [3.05, 3.63) is 24.2 Å². The Hall–Kier alpha value is -0.840. The fourth-order valence-electron chi connectivity index (χ4n) is 3.79. The van der Waals surface area contributed by atoms with Crippen molar-refractivity contribution in [3.8, 4) is 0 Å². The van der Waals surface area contributed by atoms with E-state index < -0.39 is 0 Å². The van der Waals surface area contributed by atoms with Gasteiger partial charge in [-0.15, -0.1) is 24.0 Å². The number of hydrogen-bond acceptors (Lipinski definition) is 5. The lowest BCUT2D eigenvalue weighted by Gasteiger charge is -2.36. The molecule has 2 atom stereocenters. The monoisotopic (exact) mass is 520 g/mol. The van der Waals surface area contributed by atoms with Gasteiger partial charge in [0.05, 0.1) is 32.1 Å². The molecule has 2 aliphatic rings. The first kappa shape index (κ1) is 24.4. The molecule has 3 rings (SSSR count). The van der Waals surface area contributed by atoms with Gasteiger partial charge in [0.25, 0.3) is 0 Å². The largest absolute Gasteiger partial charge is 0.469 e. The van der Waals surface area contributed by atoms with Crippen LogP contribution < -0.4 is 10.6 Å². The fraction of sp³-hybridized carbons (Fsp3) is 0.762. The van der Waals surface area contributed by atoms with Gasteiger partial charge < -0.3 is 24.5 Å². The van der Waals surface area contributed by atoms with Gasteiger partial charge in [-0.1, -0.05) is 13.8 Å². The maximum absolute atomic E-state index is 5.74. The summed E-state index contributed by atoms with van der Waals surface area (Å²) >= 11 is 0. The second kappa shape index (κ2) is 13.5. The molecule has 166 valence electrons. The molecule has 2 aliphatic heterocycles. The Morgan fingerprint density at radius 3 is 2.72 bits per heavy atom. The number of furan rings is 1. The summed E-state index contributed by atoms with van der Waals surface area (Å²) in [5.41, 5.74) is 0. The lowest BCUT2D eigenvalue weighted by molar-refractivity contribution is 0.00866.